The maximum Gasteiger partial charge on any atom is 0.228 e. The molecular formula is C21H22BrN3O4. The number of rotatable bonds is 5. The van der Waals surface area contributed by atoms with Gasteiger partial charge in [0.2, 0.25) is 17.7 Å². The third-order valence-corrected chi connectivity index (χ3v) is 5.77. The number of anilines is 1. The number of pyridine rings is 1. The quantitative estimate of drug-likeness (QED) is 0.687. The average molecular weight is 460 g/mol. The molecule has 4 rings (SSSR count). The lowest BCUT2D eigenvalue weighted by molar-refractivity contribution is -0.135. The molecule has 2 fully saturated rings. The van der Waals surface area contributed by atoms with Crippen LogP contribution in [0.4, 0.5) is 5.69 Å². The summed E-state index contributed by atoms with van der Waals surface area (Å²) in [5.41, 5.74) is 0.787. The topological polar surface area (TPSA) is 72.0 Å². The molecule has 0 N–H and O–H groups in total. The number of aromatic nitrogens is 1. The first kappa shape index (κ1) is 19.7. The average Bonchev–Trinajstić information content (AvgIpc) is 3.36. The summed E-state index contributed by atoms with van der Waals surface area (Å²) in [7, 11) is 1.60. The van der Waals surface area contributed by atoms with Gasteiger partial charge in [0.15, 0.2) is 0 Å². The SMILES string of the molecule is COc1ccc(N2CC(C(=O)N3CCC(Oc4ccc(Br)cn4)C3)CC2=O)cc1. The van der Waals surface area contributed by atoms with E-state index < -0.39 is 0 Å². The molecule has 3 heterocycles. The second-order valence-corrected chi connectivity index (χ2v) is 8.15. The number of ether oxygens (including phenoxy) is 2. The lowest BCUT2D eigenvalue weighted by Gasteiger charge is -2.21. The molecule has 0 bridgehead atoms. The van der Waals surface area contributed by atoms with Crippen molar-refractivity contribution in [2.45, 2.75) is 18.9 Å². The van der Waals surface area contributed by atoms with Crippen molar-refractivity contribution in [3.63, 3.8) is 0 Å². The van der Waals surface area contributed by atoms with Crippen molar-refractivity contribution in [3.8, 4) is 11.6 Å². The standard InChI is InChI=1S/C21H22BrN3O4/c1-28-17-5-3-16(4-6-17)25-12-14(10-20(25)26)21(27)24-9-8-18(13-24)29-19-7-2-15(22)11-23-19/h2-7,11,14,18H,8-10,12-13H2,1H3. The summed E-state index contributed by atoms with van der Waals surface area (Å²) in [5, 5.41) is 0. The molecular weight excluding hydrogens is 438 g/mol. The van der Waals surface area contributed by atoms with Gasteiger partial charge >= 0.3 is 0 Å². The number of likely N-dealkylation sites (tertiary alicyclic amines) is 1. The molecule has 1 aromatic carbocycles. The Bertz CT molecular complexity index is 888. The normalized spacial score (nSPS) is 21.5. The van der Waals surface area contributed by atoms with E-state index in [1.54, 1.807) is 29.2 Å². The van der Waals surface area contributed by atoms with Gasteiger partial charge in [-0.15, -0.1) is 0 Å². The summed E-state index contributed by atoms with van der Waals surface area (Å²) in [4.78, 5) is 33.1. The highest BCUT2D eigenvalue weighted by Crippen LogP contribution is 2.29. The molecule has 29 heavy (non-hydrogen) atoms. The van der Waals surface area contributed by atoms with E-state index >= 15 is 0 Å². The number of hydrogen-bond donors (Lipinski definition) is 0. The van der Waals surface area contributed by atoms with Gasteiger partial charge in [-0.2, -0.15) is 0 Å². The zero-order valence-corrected chi connectivity index (χ0v) is 17.7. The number of benzene rings is 1. The molecule has 2 aromatic rings. The van der Waals surface area contributed by atoms with Gasteiger partial charge in [0.05, 0.1) is 19.6 Å². The van der Waals surface area contributed by atoms with Crippen LogP contribution in [0.1, 0.15) is 12.8 Å². The highest BCUT2D eigenvalue weighted by molar-refractivity contribution is 9.10. The first-order chi connectivity index (χ1) is 14.0. The lowest BCUT2D eigenvalue weighted by Crippen LogP contribution is -2.37. The Balaban J connectivity index is 1.35. The Labute approximate surface area is 177 Å². The molecule has 2 amide bonds. The minimum Gasteiger partial charge on any atom is -0.497 e. The van der Waals surface area contributed by atoms with Crippen molar-refractivity contribution in [3.05, 3.63) is 47.1 Å². The van der Waals surface area contributed by atoms with Gasteiger partial charge in [0.1, 0.15) is 11.9 Å². The second kappa shape index (κ2) is 8.41. The van der Waals surface area contributed by atoms with Gasteiger partial charge in [-0.3, -0.25) is 9.59 Å². The zero-order valence-electron chi connectivity index (χ0n) is 16.1. The summed E-state index contributed by atoms with van der Waals surface area (Å²) in [6.07, 6.45) is 2.60. The Morgan fingerprint density at radius 3 is 2.66 bits per heavy atom. The van der Waals surface area contributed by atoms with E-state index in [4.69, 9.17) is 9.47 Å². The van der Waals surface area contributed by atoms with Crippen LogP contribution >= 0.6 is 15.9 Å². The van der Waals surface area contributed by atoms with Gasteiger partial charge in [-0.1, -0.05) is 0 Å². The number of hydrogen-bond acceptors (Lipinski definition) is 5. The molecule has 2 aliphatic heterocycles. The van der Waals surface area contributed by atoms with E-state index in [2.05, 4.69) is 20.9 Å². The molecule has 8 heteroatoms. The maximum atomic E-state index is 13.0. The Kier molecular flexibility index (Phi) is 5.71. The van der Waals surface area contributed by atoms with E-state index in [0.29, 0.717) is 25.5 Å². The van der Waals surface area contributed by atoms with Crippen molar-refractivity contribution >= 4 is 33.4 Å². The van der Waals surface area contributed by atoms with Gasteiger partial charge < -0.3 is 19.3 Å². The molecule has 0 aliphatic carbocycles. The number of carbonyl (C=O) groups excluding carboxylic acids is 2. The van der Waals surface area contributed by atoms with E-state index in [1.165, 1.54) is 0 Å². The Morgan fingerprint density at radius 1 is 1.17 bits per heavy atom. The van der Waals surface area contributed by atoms with Crippen molar-refractivity contribution < 1.29 is 19.1 Å². The molecule has 2 unspecified atom stereocenters. The summed E-state index contributed by atoms with van der Waals surface area (Å²) < 4.78 is 11.9. The van der Waals surface area contributed by atoms with Crippen LogP contribution in [0.25, 0.3) is 0 Å². The first-order valence-electron chi connectivity index (χ1n) is 9.55. The highest BCUT2D eigenvalue weighted by atomic mass is 79.9. The van der Waals surface area contributed by atoms with E-state index in [0.717, 1.165) is 22.3 Å². The summed E-state index contributed by atoms with van der Waals surface area (Å²) in [6, 6.07) is 11.0. The highest BCUT2D eigenvalue weighted by Gasteiger charge is 2.39. The van der Waals surface area contributed by atoms with Crippen LogP contribution in [0.3, 0.4) is 0 Å². The number of halogens is 1. The molecule has 1 aromatic heterocycles. The number of carbonyl (C=O) groups is 2. The fourth-order valence-electron chi connectivity index (χ4n) is 3.77. The first-order valence-corrected chi connectivity index (χ1v) is 10.3. The summed E-state index contributed by atoms with van der Waals surface area (Å²) in [6.45, 7) is 1.55. The van der Waals surface area contributed by atoms with Crippen LogP contribution in [0.2, 0.25) is 0 Å². The summed E-state index contributed by atoms with van der Waals surface area (Å²) in [5.74, 6) is 0.948. The van der Waals surface area contributed by atoms with Crippen molar-refractivity contribution in [1.82, 2.24) is 9.88 Å². The molecule has 2 aliphatic rings. The fourth-order valence-corrected chi connectivity index (χ4v) is 4.00. The molecule has 0 saturated carbocycles. The van der Waals surface area contributed by atoms with Crippen LogP contribution in [0.15, 0.2) is 47.1 Å². The van der Waals surface area contributed by atoms with Gasteiger partial charge in [-0.25, -0.2) is 4.98 Å². The lowest BCUT2D eigenvalue weighted by atomic mass is 10.1. The zero-order chi connectivity index (χ0) is 20.4. The number of nitrogens with zero attached hydrogens (tertiary/aromatic N) is 3. The largest absolute Gasteiger partial charge is 0.497 e. The van der Waals surface area contributed by atoms with Crippen LogP contribution in [0.5, 0.6) is 11.6 Å². The fraction of sp³-hybridized carbons (Fsp3) is 0.381. The maximum absolute atomic E-state index is 13.0. The van der Waals surface area contributed by atoms with Crippen LogP contribution in [-0.4, -0.2) is 54.5 Å². The smallest absolute Gasteiger partial charge is 0.228 e. The Morgan fingerprint density at radius 2 is 1.97 bits per heavy atom. The Hall–Kier alpha value is -2.61. The van der Waals surface area contributed by atoms with E-state index in [9.17, 15) is 9.59 Å². The van der Waals surface area contributed by atoms with E-state index in [-0.39, 0.29) is 30.3 Å². The monoisotopic (exact) mass is 459 g/mol. The third-order valence-electron chi connectivity index (χ3n) is 5.30. The predicted molar refractivity (Wildman–Crippen MR) is 111 cm³/mol. The molecule has 7 nitrogen and oxygen atoms in total. The molecule has 2 saturated heterocycles. The molecule has 0 radical (unpaired) electrons. The third kappa shape index (κ3) is 4.37. The number of amides is 2. The molecule has 2 atom stereocenters. The molecule has 152 valence electrons. The van der Waals surface area contributed by atoms with Crippen molar-refractivity contribution in [2.24, 2.45) is 5.92 Å². The second-order valence-electron chi connectivity index (χ2n) is 7.23. The van der Waals surface area contributed by atoms with Crippen LogP contribution < -0.4 is 14.4 Å². The van der Waals surface area contributed by atoms with Crippen LogP contribution in [-0.2, 0) is 9.59 Å². The number of methoxy groups -OCH3 is 1. The van der Waals surface area contributed by atoms with Gasteiger partial charge in [-0.05, 0) is 46.3 Å². The van der Waals surface area contributed by atoms with Crippen LogP contribution in [0, 0.1) is 5.92 Å². The minimum atomic E-state index is -0.325. The summed E-state index contributed by atoms with van der Waals surface area (Å²) >= 11 is 3.35. The van der Waals surface area contributed by atoms with Gasteiger partial charge in [0.25, 0.3) is 0 Å². The van der Waals surface area contributed by atoms with Crippen molar-refractivity contribution in [1.29, 1.82) is 0 Å². The predicted octanol–water partition coefficient (Wildman–Crippen LogP) is 2.89. The van der Waals surface area contributed by atoms with E-state index in [1.807, 2.05) is 30.3 Å². The van der Waals surface area contributed by atoms with Crippen molar-refractivity contribution in [2.75, 3.05) is 31.6 Å². The van der Waals surface area contributed by atoms with Gasteiger partial charge in [0, 0.05) is 48.4 Å². The molecule has 0 spiro atoms. The minimum absolute atomic E-state index is 0.0178.